The van der Waals surface area contributed by atoms with E-state index in [0.717, 1.165) is 38.1 Å². The van der Waals surface area contributed by atoms with Gasteiger partial charge in [-0.25, -0.2) is 13.1 Å². The molecule has 20 heavy (non-hydrogen) atoms. The Morgan fingerprint density at radius 3 is 2.65 bits per heavy atom. The topological polar surface area (TPSA) is 67.4 Å². The maximum absolute atomic E-state index is 11.8. The Bertz CT molecular complexity index is 508. The van der Waals surface area contributed by atoms with Crippen LogP contribution in [-0.2, 0) is 14.8 Å². The van der Waals surface area contributed by atoms with E-state index in [1.807, 2.05) is 0 Å². The molecule has 1 aromatic rings. The molecule has 1 saturated heterocycles. The van der Waals surface area contributed by atoms with E-state index in [-0.39, 0.29) is 0 Å². The predicted molar refractivity (Wildman–Crippen MR) is 79.4 cm³/mol. The van der Waals surface area contributed by atoms with Crippen molar-refractivity contribution in [2.75, 3.05) is 25.0 Å². The molecule has 0 aromatic heterocycles. The van der Waals surface area contributed by atoms with Gasteiger partial charge < -0.3 is 10.1 Å². The van der Waals surface area contributed by atoms with Crippen LogP contribution in [0.5, 0.6) is 0 Å². The number of benzene rings is 1. The maximum Gasteiger partial charge on any atom is 0.240 e. The van der Waals surface area contributed by atoms with E-state index in [4.69, 9.17) is 4.74 Å². The highest BCUT2D eigenvalue weighted by Gasteiger charge is 2.15. The second-order valence-corrected chi connectivity index (χ2v) is 6.64. The Labute approximate surface area is 120 Å². The monoisotopic (exact) mass is 298 g/mol. The van der Waals surface area contributed by atoms with Crippen LogP contribution in [0.1, 0.15) is 26.2 Å². The van der Waals surface area contributed by atoms with Crippen LogP contribution in [0.3, 0.4) is 0 Å². The number of rotatable bonds is 7. The molecule has 1 heterocycles. The molecular weight excluding hydrogens is 276 g/mol. The van der Waals surface area contributed by atoms with Crippen LogP contribution in [0, 0.1) is 0 Å². The summed E-state index contributed by atoms with van der Waals surface area (Å²) >= 11 is 0. The van der Waals surface area contributed by atoms with Gasteiger partial charge in [0.1, 0.15) is 0 Å². The molecular formula is C14H22N2O3S. The average molecular weight is 298 g/mol. The third-order valence-electron chi connectivity index (χ3n) is 3.32. The standard InChI is InChI=1S/C14H22N2O3S/c1-2-16-20(17,18)14-7-5-12(6-8-14)15-10-9-13-4-3-11-19-13/h5-8,13,15-16H,2-4,9-11H2,1H3. The molecule has 0 amide bonds. The van der Waals surface area contributed by atoms with Gasteiger partial charge in [0.05, 0.1) is 11.0 Å². The Kier molecular flexibility index (Phi) is 5.39. The van der Waals surface area contributed by atoms with Crippen molar-refractivity contribution in [1.29, 1.82) is 0 Å². The molecule has 6 heteroatoms. The van der Waals surface area contributed by atoms with Crippen LogP contribution >= 0.6 is 0 Å². The molecule has 0 radical (unpaired) electrons. The first-order chi connectivity index (χ1) is 9.62. The summed E-state index contributed by atoms with van der Waals surface area (Å²) in [5, 5.41) is 3.29. The fraction of sp³-hybridized carbons (Fsp3) is 0.571. The van der Waals surface area contributed by atoms with Gasteiger partial charge in [0, 0.05) is 25.4 Å². The highest BCUT2D eigenvalue weighted by molar-refractivity contribution is 7.89. The van der Waals surface area contributed by atoms with E-state index in [0.29, 0.717) is 17.5 Å². The van der Waals surface area contributed by atoms with Crippen molar-refractivity contribution in [3.05, 3.63) is 24.3 Å². The van der Waals surface area contributed by atoms with Crippen LogP contribution in [0.4, 0.5) is 5.69 Å². The van der Waals surface area contributed by atoms with Crippen molar-refractivity contribution in [3.8, 4) is 0 Å². The number of anilines is 1. The minimum absolute atomic E-state index is 0.295. The average Bonchev–Trinajstić information content (AvgIpc) is 2.92. The molecule has 2 N–H and O–H groups in total. The molecule has 5 nitrogen and oxygen atoms in total. The van der Waals surface area contributed by atoms with Gasteiger partial charge in [-0.1, -0.05) is 6.92 Å². The lowest BCUT2D eigenvalue weighted by Crippen LogP contribution is -2.23. The first-order valence-corrected chi connectivity index (χ1v) is 8.55. The summed E-state index contributed by atoms with van der Waals surface area (Å²) in [5.74, 6) is 0. The molecule has 1 atom stereocenters. The smallest absolute Gasteiger partial charge is 0.240 e. The number of nitrogens with one attached hydrogen (secondary N) is 2. The fourth-order valence-corrected chi connectivity index (χ4v) is 3.32. The molecule has 1 aliphatic heterocycles. The van der Waals surface area contributed by atoms with E-state index >= 15 is 0 Å². The summed E-state index contributed by atoms with van der Waals surface area (Å²) in [4.78, 5) is 0.295. The molecule has 2 rings (SSSR count). The largest absolute Gasteiger partial charge is 0.385 e. The highest BCUT2D eigenvalue weighted by atomic mass is 32.2. The number of hydrogen-bond donors (Lipinski definition) is 2. The lowest BCUT2D eigenvalue weighted by Gasteiger charge is -2.11. The van der Waals surface area contributed by atoms with Gasteiger partial charge in [-0.3, -0.25) is 0 Å². The molecule has 112 valence electrons. The van der Waals surface area contributed by atoms with Crippen molar-refractivity contribution >= 4 is 15.7 Å². The summed E-state index contributed by atoms with van der Waals surface area (Å²) in [5.41, 5.74) is 0.929. The maximum atomic E-state index is 11.8. The van der Waals surface area contributed by atoms with Crippen LogP contribution in [0.2, 0.25) is 0 Å². The third-order valence-corrected chi connectivity index (χ3v) is 4.88. The highest BCUT2D eigenvalue weighted by Crippen LogP contribution is 2.17. The van der Waals surface area contributed by atoms with Gasteiger partial charge in [-0.05, 0) is 43.5 Å². The summed E-state index contributed by atoms with van der Waals surface area (Å²) in [7, 11) is -3.36. The molecule has 0 spiro atoms. The van der Waals surface area contributed by atoms with Gasteiger partial charge in [-0.2, -0.15) is 0 Å². The van der Waals surface area contributed by atoms with Crippen LogP contribution < -0.4 is 10.0 Å². The summed E-state index contributed by atoms with van der Waals surface area (Å²) in [6, 6.07) is 6.82. The Morgan fingerprint density at radius 1 is 1.30 bits per heavy atom. The minimum atomic E-state index is -3.36. The Balaban J connectivity index is 1.85. The van der Waals surface area contributed by atoms with E-state index in [1.165, 1.54) is 0 Å². The van der Waals surface area contributed by atoms with Crippen LogP contribution in [-0.4, -0.2) is 34.2 Å². The SMILES string of the molecule is CCNS(=O)(=O)c1ccc(NCCC2CCCO2)cc1. The van der Waals surface area contributed by atoms with E-state index in [2.05, 4.69) is 10.0 Å². The van der Waals surface area contributed by atoms with Crippen molar-refractivity contribution < 1.29 is 13.2 Å². The Hall–Kier alpha value is -1.11. The van der Waals surface area contributed by atoms with Gasteiger partial charge in [0.15, 0.2) is 0 Å². The van der Waals surface area contributed by atoms with Crippen LogP contribution in [0.15, 0.2) is 29.2 Å². The van der Waals surface area contributed by atoms with Gasteiger partial charge in [0.2, 0.25) is 10.0 Å². The zero-order valence-corrected chi connectivity index (χ0v) is 12.6. The van der Waals surface area contributed by atoms with E-state index < -0.39 is 10.0 Å². The van der Waals surface area contributed by atoms with Crippen LogP contribution in [0.25, 0.3) is 0 Å². The molecule has 0 bridgehead atoms. The number of ether oxygens (including phenoxy) is 1. The lowest BCUT2D eigenvalue weighted by molar-refractivity contribution is 0.107. The molecule has 1 fully saturated rings. The predicted octanol–water partition coefficient (Wildman–Crippen LogP) is 1.97. The third kappa shape index (κ3) is 4.19. The van der Waals surface area contributed by atoms with Crippen molar-refractivity contribution in [2.45, 2.75) is 37.2 Å². The fourth-order valence-electron chi connectivity index (χ4n) is 2.27. The quantitative estimate of drug-likeness (QED) is 0.807. The van der Waals surface area contributed by atoms with Gasteiger partial charge in [0.25, 0.3) is 0 Å². The van der Waals surface area contributed by atoms with Gasteiger partial charge in [-0.15, -0.1) is 0 Å². The first kappa shape index (κ1) is 15.3. The second kappa shape index (κ2) is 7.06. The molecule has 1 aliphatic rings. The molecule has 0 saturated carbocycles. The van der Waals surface area contributed by atoms with E-state index in [1.54, 1.807) is 31.2 Å². The zero-order chi connectivity index (χ0) is 14.4. The number of sulfonamides is 1. The van der Waals surface area contributed by atoms with Crippen molar-refractivity contribution in [1.82, 2.24) is 4.72 Å². The Morgan fingerprint density at radius 2 is 2.05 bits per heavy atom. The number of hydrogen-bond acceptors (Lipinski definition) is 4. The normalized spacial score (nSPS) is 19.1. The molecule has 0 aliphatic carbocycles. The summed E-state index contributed by atoms with van der Waals surface area (Å²) in [6.07, 6.45) is 3.65. The first-order valence-electron chi connectivity index (χ1n) is 7.07. The van der Waals surface area contributed by atoms with Crippen molar-refractivity contribution in [2.24, 2.45) is 0 Å². The molecule has 1 unspecified atom stereocenters. The minimum Gasteiger partial charge on any atom is -0.385 e. The second-order valence-electron chi connectivity index (χ2n) is 4.88. The van der Waals surface area contributed by atoms with E-state index in [9.17, 15) is 8.42 Å². The van der Waals surface area contributed by atoms with Crippen molar-refractivity contribution in [3.63, 3.8) is 0 Å². The lowest BCUT2D eigenvalue weighted by atomic mass is 10.2. The van der Waals surface area contributed by atoms with Gasteiger partial charge >= 0.3 is 0 Å². The summed E-state index contributed by atoms with van der Waals surface area (Å²) < 4.78 is 31.6. The molecule has 1 aromatic carbocycles. The zero-order valence-electron chi connectivity index (χ0n) is 11.8. The summed E-state index contributed by atoms with van der Waals surface area (Å²) in [6.45, 7) is 3.87.